The molecule has 136 valence electrons. The molecule has 1 N–H and O–H groups in total. The Morgan fingerprint density at radius 3 is 2.92 bits per heavy atom. The SMILES string of the molecule is CCN(CC)[C@H](CNC(=O)[C@H]1CCc2nnc(C)n2C1)c1ccsc1. The highest BCUT2D eigenvalue weighted by Gasteiger charge is 2.28. The van der Waals surface area contributed by atoms with Crippen LogP contribution in [0, 0.1) is 12.8 Å². The van der Waals surface area contributed by atoms with Gasteiger partial charge in [0.05, 0.1) is 12.0 Å². The van der Waals surface area contributed by atoms with Gasteiger partial charge in [-0.15, -0.1) is 10.2 Å². The van der Waals surface area contributed by atoms with Gasteiger partial charge in [0, 0.05) is 19.5 Å². The summed E-state index contributed by atoms with van der Waals surface area (Å²) in [6.45, 7) is 9.57. The monoisotopic (exact) mass is 361 g/mol. The van der Waals surface area contributed by atoms with Crippen LogP contribution in [0.5, 0.6) is 0 Å². The third-order valence-corrected chi connectivity index (χ3v) is 5.85. The summed E-state index contributed by atoms with van der Waals surface area (Å²) in [7, 11) is 0. The van der Waals surface area contributed by atoms with Crippen LogP contribution in [0.2, 0.25) is 0 Å². The molecule has 3 rings (SSSR count). The van der Waals surface area contributed by atoms with Gasteiger partial charge >= 0.3 is 0 Å². The number of likely N-dealkylation sites (N-methyl/N-ethyl adjacent to an activating group) is 1. The lowest BCUT2D eigenvalue weighted by Crippen LogP contribution is -2.42. The maximum atomic E-state index is 12.7. The Bertz CT molecular complexity index is 692. The number of hydrogen-bond donors (Lipinski definition) is 1. The highest BCUT2D eigenvalue weighted by molar-refractivity contribution is 7.07. The quantitative estimate of drug-likeness (QED) is 0.823. The van der Waals surface area contributed by atoms with Crippen LogP contribution in [0.4, 0.5) is 0 Å². The molecule has 6 nitrogen and oxygen atoms in total. The van der Waals surface area contributed by atoms with Crippen molar-refractivity contribution in [1.29, 1.82) is 0 Å². The molecule has 2 aromatic rings. The van der Waals surface area contributed by atoms with Crippen LogP contribution in [0.15, 0.2) is 16.8 Å². The van der Waals surface area contributed by atoms with E-state index in [0.717, 1.165) is 37.6 Å². The number of carbonyl (C=O) groups is 1. The minimum Gasteiger partial charge on any atom is -0.354 e. The average molecular weight is 362 g/mol. The molecule has 2 atom stereocenters. The topological polar surface area (TPSA) is 63.1 Å². The molecule has 0 bridgehead atoms. The van der Waals surface area contributed by atoms with Crippen molar-refractivity contribution in [2.24, 2.45) is 5.92 Å². The van der Waals surface area contributed by atoms with Crippen molar-refractivity contribution in [3.63, 3.8) is 0 Å². The molecule has 0 aliphatic carbocycles. The molecular formula is C18H27N5OS. The number of hydrogen-bond acceptors (Lipinski definition) is 5. The Kier molecular flexibility index (Phi) is 5.86. The van der Waals surface area contributed by atoms with Gasteiger partial charge in [-0.25, -0.2) is 0 Å². The summed E-state index contributed by atoms with van der Waals surface area (Å²) in [6, 6.07) is 2.40. The molecule has 1 aliphatic rings. The van der Waals surface area contributed by atoms with Gasteiger partial charge in [0.2, 0.25) is 5.91 Å². The van der Waals surface area contributed by atoms with Crippen LogP contribution in [0.1, 0.15) is 43.5 Å². The first-order valence-electron chi connectivity index (χ1n) is 9.06. The number of rotatable bonds is 7. The molecule has 0 fully saturated rings. The zero-order valence-electron chi connectivity index (χ0n) is 15.2. The molecule has 0 saturated carbocycles. The molecule has 7 heteroatoms. The fraction of sp³-hybridized carbons (Fsp3) is 0.611. The van der Waals surface area contributed by atoms with Crippen molar-refractivity contribution in [1.82, 2.24) is 25.0 Å². The molecular weight excluding hydrogens is 334 g/mol. The third kappa shape index (κ3) is 3.93. The van der Waals surface area contributed by atoms with Gasteiger partial charge in [-0.3, -0.25) is 9.69 Å². The average Bonchev–Trinajstić information content (AvgIpc) is 3.28. The van der Waals surface area contributed by atoms with Gasteiger partial charge in [0.15, 0.2) is 0 Å². The molecule has 3 heterocycles. The number of aromatic nitrogens is 3. The van der Waals surface area contributed by atoms with Crippen LogP contribution in [0.3, 0.4) is 0 Å². The van der Waals surface area contributed by atoms with E-state index in [-0.39, 0.29) is 17.9 Å². The molecule has 0 radical (unpaired) electrons. The summed E-state index contributed by atoms with van der Waals surface area (Å²) in [5.41, 5.74) is 1.29. The predicted octanol–water partition coefficient (Wildman–Crippen LogP) is 2.41. The second kappa shape index (κ2) is 8.10. The lowest BCUT2D eigenvalue weighted by Gasteiger charge is -2.30. The van der Waals surface area contributed by atoms with E-state index >= 15 is 0 Å². The van der Waals surface area contributed by atoms with E-state index in [1.54, 1.807) is 11.3 Å². The Morgan fingerprint density at radius 2 is 2.24 bits per heavy atom. The van der Waals surface area contributed by atoms with Gasteiger partial charge < -0.3 is 9.88 Å². The van der Waals surface area contributed by atoms with Crippen LogP contribution in [0.25, 0.3) is 0 Å². The third-order valence-electron chi connectivity index (χ3n) is 5.15. The van der Waals surface area contributed by atoms with Gasteiger partial charge in [-0.2, -0.15) is 11.3 Å². The maximum absolute atomic E-state index is 12.7. The molecule has 0 unspecified atom stereocenters. The first-order valence-corrected chi connectivity index (χ1v) is 10.0. The molecule has 2 aromatic heterocycles. The zero-order valence-corrected chi connectivity index (χ0v) is 16.1. The van der Waals surface area contributed by atoms with Crippen LogP contribution in [-0.2, 0) is 17.8 Å². The Morgan fingerprint density at radius 1 is 1.44 bits per heavy atom. The first-order chi connectivity index (χ1) is 12.1. The standard InChI is InChI=1S/C18H27N5OS/c1-4-22(5-2)16(15-8-9-25-12-15)10-19-18(24)14-6-7-17-21-20-13(3)23(17)11-14/h8-9,12,14,16H,4-7,10-11H2,1-3H3,(H,19,24)/t14-,16+/m0/s1. The number of nitrogens with one attached hydrogen (secondary N) is 1. The van der Waals surface area contributed by atoms with E-state index in [1.807, 2.05) is 6.92 Å². The van der Waals surface area contributed by atoms with Gasteiger partial charge in [0.25, 0.3) is 0 Å². The fourth-order valence-electron chi connectivity index (χ4n) is 3.60. The van der Waals surface area contributed by atoms with Crippen molar-refractivity contribution >= 4 is 17.2 Å². The number of thiophene rings is 1. The fourth-order valence-corrected chi connectivity index (χ4v) is 4.31. The summed E-state index contributed by atoms with van der Waals surface area (Å²) < 4.78 is 2.08. The molecule has 1 amide bonds. The predicted molar refractivity (Wildman–Crippen MR) is 99.6 cm³/mol. The van der Waals surface area contributed by atoms with Gasteiger partial charge in [-0.05, 0) is 48.8 Å². The summed E-state index contributed by atoms with van der Waals surface area (Å²) in [5.74, 6) is 2.04. The highest BCUT2D eigenvalue weighted by atomic mass is 32.1. The van der Waals surface area contributed by atoms with Crippen LogP contribution >= 0.6 is 11.3 Å². The van der Waals surface area contributed by atoms with Crippen molar-refractivity contribution in [2.45, 2.75) is 46.2 Å². The molecule has 0 saturated heterocycles. The number of fused-ring (bicyclic) bond motifs is 1. The van der Waals surface area contributed by atoms with E-state index in [9.17, 15) is 4.79 Å². The lowest BCUT2D eigenvalue weighted by atomic mass is 9.98. The highest BCUT2D eigenvalue weighted by Crippen LogP contribution is 2.23. The summed E-state index contributed by atoms with van der Waals surface area (Å²) >= 11 is 1.71. The summed E-state index contributed by atoms with van der Waals surface area (Å²) in [6.07, 6.45) is 1.67. The zero-order chi connectivity index (χ0) is 17.8. The Balaban J connectivity index is 1.63. The molecule has 1 aliphatic heterocycles. The minimum atomic E-state index is 0.00188. The van der Waals surface area contributed by atoms with Crippen molar-refractivity contribution < 1.29 is 4.79 Å². The van der Waals surface area contributed by atoms with Crippen molar-refractivity contribution in [2.75, 3.05) is 19.6 Å². The number of aryl methyl sites for hydroxylation is 2. The lowest BCUT2D eigenvalue weighted by molar-refractivity contribution is -0.126. The van der Waals surface area contributed by atoms with E-state index < -0.39 is 0 Å². The maximum Gasteiger partial charge on any atom is 0.224 e. The Labute approximate surface area is 153 Å². The second-order valence-electron chi connectivity index (χ2n) is 6.55. The normalized spacial score (nSPS) is 18.2. The Hall–Kier alpha value is -1.73. The van der Waals surface area contributed by atoms with Crippen molar-refractivity contribution in [3.8, 4) is 0 Å². The van der Waals surface area contributed by atoms with Crippen molar-refractivity contribution in [3.05, 3.63) is 34.0 Å². The summed E-state index contributed by atoms with van der Waals surface area (Å²) in [4.78, 5) is 15.1. The molecule has 0 aromatic carbocycles. The number of nitrogens with zero attached hydrogens (tertiary/aromatic N) is 4. The van der Waals surface area contributed by atoms with Crippen LogP contribution < -0.4 is 5.32 Å². The number of carbonyl (C=O) groups excluding carboxylic acids is 1. The van der Waals surface area contributed by atoms with Gasteiger partial charge in [0.1, 0.15) is 11.6 Å². The van der Waals surface area contributed by atoms with E-state index in [1.165, 1.54) is 5.56 Å². The van der Waals surface area contributed by atoms with E-state index in [0.29, 0.717) is 13.1 Å². The van der Waals surface area contributed by atoms with Gasteiger partial charge in [-0.1, -0.05) is 13.8 Å². The minimum absolute atomic E-state index is 0.00188. The molecule has 25 heavy (non-hydrogen) atoms. The first kappa shape index (κ1) is 18.1. The smallest absolute Gasteiger partial charge is 0.224 e. The summed E-state index contributed by atoms with van der Waals surface area (Å²) in [5, 5.41) is 15.8. The van der Waals surface area contributed by atoms with Crippen LogP contribution in [-0.4, -0.2) is 45.2 Å². The molecule has 0 spiro atoms. The second-order valence-corrected chi connectivity index (χ2v) is 7.33. The largest absolute Gasteiger partial charge is 0.354 e. The number of amides is 1. The van der Waals surface area contributed by atoms with E-state index in [4.69, 9.17) is 0 Å². The van der Waals surface area contributed by atoms with E-state index in [2.05, 4.69) is 55.7 Å².